The van der Waals surface area contributed by atoms with Gasteiger partial charge < -0.3 is 0 Å². The highest BCUT2D eigenvalue weighted by atomic mass is 32.1. The number of hydrogen-bond donors (Lipinski definition) is 0. The van der Waals surface area contributed by atoms with E-state index in [1.165, 1.54) is 4.88 Å². The Balaban J connectivity index is 2.03. The molecule has 0 spiro atoms. The first-order valence-corrected chi connectivity index (χ1v) is 6.58. The lowest BCUT2D eigenvalue weighted by molar-refractivity contribution is 0.321. The second-order valence-electron chi connectivity index (χ2n) is 4.29. The van der Waals surface area contributed by atoms with E-state index in [2.05, 4.69) is 23.0 Å². The van der Waals surface area contributed by atoms with E-state index < -0.39 is 0 Å². The van der Waals surface area contributed by atoms with Crippen molar-refractivity contribution in [2.45, 2.75) is 20.0 Å². The van der Waals surface area contributed by atoms with Gasteiger partial charge in [-0.05, 0) is 25.6 Å². The summed E-state index contributed by atoms with van der Waals surface area (Å²) in [5.41, 5.74) is 1.83. The van der Waals surface area contributed by atoms with Gasteiger partial charge in [-0.1, -0.05) is 18.2 Å². The van der Waals surface area contributed by atoms with Gasteiger partial charge in [0.25, 0.3) is 0 Å². The Morgan fingerprint density at radius 2 is 2.11 bits per heavy atom. The van der Waals surface area contributed by atoms with Crippen LogP contribution < -0.4 is 0 Å². The van der Waals surface area contributed by atoms with Crippen LogP contribution in [0.1, 0.15) is 21.0 Å². The summed E-state index contributed by atoms with van der Waals surface area (Å²) in [5.74, 6) is 0. The maximum absolute atomic E-state index is 9.05. The molecule has 3 nitrogen and oxygen atoms in total. The highest BCUT2D eigenvalue weighted by Gasteiger charge is 2.07. The fourth-order valence-electron chi connectivity index (χ4n) is 1.86. The number of rotatable bonds is 4. The minimum Gasteiger partial charge on any atom is -0.297 e. The van der Waals surface area contributed by atoms with Crippen molar-refractivity contribution in [3.63, 3.8) is 0 Å². The summed E-state index contributed by atoms with van der Waals surface area (Å²) in [6.45, 7) is 3.66. The van der Waals surface area contributed by atoms with Gasteiger partial charge in [0, 0.05) is 24.2 Å². The lowest BCUT2D eigenvalue weighted by atomic mass is 10.1. The van der Waals surface area contributed by atoms with Crippen molar-refractivity contribution in [1.29, 1.82) is 5.26 Å². The van der Waals surface area contributed by atoms with Gasteiger partial charge in [-0.25, -0.2) is 4.98 Å². The van der Waals surface area contributed by atoms with Crippen LogP contribution in [0, 0.1) is 18.3 Å². The highest BCUT2D eigenvalue weighted by molar-refractivity contribution is 7.11. The lowest BCUT2D eigenvalue weighted by Gasteiger charge is -2.16. The van der Waals surface area contributed by atoms with Crippen LogP contribution in [0.5, 0.6) is 0 Å². The van der Waals surface area contributed by atoms with E-state index >= 15 is 0 Å². The number of thiazole rings is 1. The van der Waals surface area contributed by atoms with E-state index in [4.69, 9.17) is 5.26 Å². The molecule has 0 aliphatic rings. The number of aromatic nitrogens is 1. The standard InChI is InChI=1S/C14H15N3S/c1-11-16-8-14(18-11)10-17(2)9-13-6-4-3-5-12(13)7-15/h3-6,8H,9-10H2,1-2H3. The average Bonchev–Trinajstić information content (AvgIpc) is 2.75. The molecule has 4 heteroatoms. The van der Waals surface area contributed by atoms with Crippen molar-refractivity contribution in [3.8, 4) is 6.07 Å². The number of hydrogen-bond acceptors (Lipinski definition) is 4. The fourth-order valence-corrected chi connectivity index (χ4v) is 2.73. The SMILES string of the molecule is Cc1ncc(CN(C)Cc2ccccc2C#N)s1. The zero-order chi connectivity index (χ0) is 13.0. The largest absolute Gasteiger partial charge is 0.297 e. The molecule has 0 N–H and O–H groups in total. The molecule has 1 heterocycles. The predicted molar refractivity (Wildman–Crippen MR) is 73.2 cm³/mol. The monoisotopic (exact) mass is 257 g/mol. The van der Waals surface area contributed by atoms with E-state index in [0.717, 1.165) is 29.2 Å². The summed E-state index contributed by atoms with van der Waals surface area (Å²) in [4.78, 5) is 7.70. The zero-order valence-electron chi connectivity index (χ0n) is 10.6. The third kappa shape index (κ3) is 3.16. The summed E-state index contributed by atoms with van der Waals surface area (Å²) in [5, 5.41) is 10.1. The molecule has 0 saturated carbocycles. The van der Waals surface area contributed by atoms with Crippen LogP contribution in [-0.2, 0) is 13.1 Å². The first-order chi connectivity index (χ1) is 8.69. The molecule has 2 aromatic rings. The van der Waals surface area contributed by atoms with Crippen molar-refractivity contribution in [1.82, 2.24) is 9.88 Å². The molecular weight excluding hydrogens is 242 g/mol. The molecule has 2 rings (SSSR count). The third-order valence-corrected chi connectivity index (χ3v) is 3.57. The Labute approximate surface area is 111 Å². The molecule has 1 aromatic heterocycles. The lowest BCUT2D eigenvalue weighted by Crippen LogP contribution is -2.17. The molecule has 0 aliphatic heterocycles. The van der Waals surface area contributed by atoms with E-state index in [-0.39, 0.29) is 0 Å². The first kappa shape index (κ1) is 12.7. The second-order valence-corrected chi connectivity index (χ2v) is 5.61. The van der Waals surface area contributed by atoms with Crippen molar-refractivity contribution < 1.29 is 0 Å². The number of nitrogens with zero attached hydrogens (tertiary/aromatic N) is 3. The second kappa shape index (κ2) is 5.76. The Morgan fingerprint density at radius 3 is 2.78 bits per heavy atom. The predicted octanol–water partition coefficient (Wildman–Crippen LogP) is 2.96. The van der Waals surface area contributed by atoms with Gasteiger partial charge in [0.05, 0.1) is 16.6 Å². The van der Waals surface area contributed by atoms with Gasteiger partial charge in [-0.15, -0.1) is 11.3 Å². The molecule has 0 fully saturated rings. The van der Waals surface area contributed by atoms with E-state index in [1.807, 2.05) is 37.4 Å². The van der Waals surface area contributed by atoms with Crippen LogP contribution in [0.4, 0.5) is 0 Å². The van der Waals surface area contributed by atoms with Crippen molar-refractivity contribution >= 4 is 11.3 Å². The molecule has 18 heavy (non-hydrogen) atoms. The van der Waals surface area contributed by atoms with Crippen LogP contribution in [0.2, 0.25) is 0 Å². The minimum absolute atomic E-state index is 0.754. The van der Waals surface area contributed by atoms with Gasteiger partial charge in [0.15, 0.2) is 0 Å². The molecular formula is C14H15N3S. The molecule has 0 amide bonds. The van der Waals surface area contributed by atoms with Gasteiger partial charge in [-0.2, -0.15) is 5.26 Å². The average molecular weight is 257 g/mol. The van der Waals surface area contributed by atoms with E-state index in [0.29, 0.717) is 0 Å². The maximum Gasteiger partial charge on any atom is 0.0995 e. The summed E-state index contributed by atoms with van der Waals surface area (Å²) >= 11 is 1.72. The smallest absolute Gasteiger partial charge is 0.0995 e. The van der Waals surface area contributed by atoms with Crippen LogP contribution in [0.3, 0.4) is 0 Å². The molecule has 0 unspecified atom stereocenters. The van der Waals surface area contributed by atoms with Crippen LogP contribution in [-0.4, -0.2) is 16.9 Å². The zero-order valence-corrected chi connectivity index (χ0v) is 11.4. The van der Waals surface area contributed by atoms with Crippen LogP contribution in [0.15, 0.2) is 30.5 Å². The summed E-state index contributed by atoms with van der Waals surface area (Å²) in [6.07, 6.45) is 1.92. The van der Waals surface area contributed by atoms with Crippen LogP contribution in [0.25, 0.3) is 0 Å². The maximum atomic E-state index is 9.05. The van der Waals surface area contributed by atoms with Crippen molar-refractivity contribution in [2.75, 3.05) is 7.05 Å². The molecule has 92 valence electrons. The Hall–Kier alpha value is -1.70. The Morgan fingerprint density at radius 1 is 1.33 bits per heavy atom. The number of benzene rings is 1. The van der Waals surface area contributed by atoms with Crippen LogP contribution >= 0.6 is 11.3 Å². The third-order valence-electron chi connectivity index (χ3n) is 2.67. The molecule has 0 aliphatic carbocycles. The quantitative estimate of drug-likeness (QED) is 0.845. The van der Waals surface area contributed by atoms with E-state index in [9.17, 15) is 0 Å². The van der Waals surface area contributed by atoms with Gasteiger partial charge in [0.1, 0.15) is 0 Å². The summed E-state index contributed by atoms with van der Waals surface area (Å²) < 4.78 is 0. The van der Waals surface area contributed by atoms with Gasteiger partial charge in [-0.3, -0.25) is 4.90 Å². The van der Waals surface area contributed by atoms with Crippen molar-refractivity contribution in [3.05, 3.63) is 51.5 Å². The molecule has 0 radical (unpaired) electrons. The van der Waals surface area contributed by atoms with Crippen molar-refractivity contribution in [2.24, 2.45) is 0 Å². The number of nitriles is 1. The minimum atomic E-state index is 0.754. The summed E-state index contributed by atoms with van der Waals surface area (Å²) in [7, 11) is 2.06. The van der Waals surface area contributed by atoms with Gasteiger partial charge >= 0.3 is 0 Å². The molecule has 0 bridgehead atoms. The molecule has 0 saturated heterocycles. The Kier molecular flexibility index (Phi) is 4.08. The van der Waals surface area contributed by atoms with E-state index in [1.54, 1.807) is 11.3 Å². The number of aryl methyl sites for hydroxylation is 1. The first-order valence-electron chi connectivity index (χ1n) is 5.77. The Bertz CT molecular complexity index is 568. The highest BCUT2D eigenvalue weighted by Crippen LogP contribution is 2.16. The molecule has 1 aromatic carbocycles. The fraction of sp³-hybridized carbons (Fsp3) is 0.286. The topological polar surface area (TPSA) is 39.9 Å². The molecule has 0 atom stereocenters. The summed E-state index contributed by atoms with van der Waals surface area (Å²) in [6, 6.07) is 9.97. The van der Waals surface area contributed by atoms with Gasteiger partial charge in [0.2, 0.25) is 0 Å². The normalized spacial score (nSPS) is 10.6.